The number of pyridine rings is 1. The molecule has 0 bridgehead atoms. The number of benzene rings is 3. The Kier molecular flexibility index (Phi) is 5.62. The molecule has 0 spiro atoms. The highest BCUT2D eigenvalue weighted by Gasteiger charge is 2.16. The van der Waals surface area contributed by atoms with Gasteiger partial charge in [-0.3, -0.25) is 4.79 Å². The van der Waals surface area contributed by atoms with Crippen molar-refractivity contribution >= 4 is 28.5 Å². The molecular weight excluding hydrogens is 388 g/mol. The number of urea groups is 1. The maximum atomic E-state index is 13.2. The number of carbonyl (C=O) groups is 2. The number of nitrogens with two attached hydrogens (primary N) is 1. The number of nitrogens with one attached hydrogen (secondary N) is 2. The molecule has 154 valence electrons. The second kappa shape index (κ2) is 8.67. The molecule has 0 radical (unpaired) electrons. The lowest BCUT2D eigenvalue weighted by atomic mass is 10.0. The van der Waals surface area contributed by atoms with Crippen molar-refractivity contribution in [3.63, 3.8) is 0 Å². The van der Waals surface area contributed by atoms with Gasteiger partial charge in [-0.2, -0.15) is 0 Å². The number of rotatable bonds is 5. The van der Waals surface area contributed by atoms with Gasteiger partial charge in [-0.1, -0.05) is 60.7 Å². The summed E-state index contributed by atoms with van der Waals surface area (Å²) in [6, 6.07) is 25.6. The van der Waals surface area contributed by atoms with E-state index in [1.165, 1.54) is 0 Å². The first kappa shape index (κ1) is 20.1. The highest BCUT2D eigenvalue weighted by Crippen LogP contribution is 2.25. The number of amides is 3. The van der Waals surface area contributed by atoms with E-state index in [0.29, 0.717) is 11.3 Å². The summed E-state index contributed by atoms with van der Waals surface area (Å²) in [6.45, 7) is 1.91. The lowest BCUT2D eigenvalue weighted by molar-refractivity contribution is 0.0941. The van der Waals surface area contributed by atoms with E-state index in [9.17, 15) is 9.59 Å². The van der Waals surface area contributed by atoms with E-state index in [-0.39, 0.29) is 11.9 Å². The predicted molar refractivity (Wildman–Crippen MR) is 123 cm³/mol. The van der Waals surface area contributed by atoms with Crippen LogP contribution in [0.2, 0.25) is 0 Å². The zero-order valence-electron chi connectivity index (χ0n) is 17.0. The third-order valence-electron chi connectivity index (χ3n) is 5.06. The van der Waals surface area contributed by atoms with Gasteiger partial charge in [-0.15, -0.1) is 0 Å². The van der Waals surface area contributed by atoms with Crippen LogP contribution in [0.5, 0.6) is 0 Å². The predicted octanol–water partition coefficient (Wildman–Crippen LogP) is 4.88. The van der Waals surface area contributed by atoms with Gasteiger partial charge in [0.15, 0.2) is 0 Å². The van der Waals surface area contributed by atoms with E-state index in [1.54, 1.807) is 12.1 Å². The number of para-hydroxylation sites is 1. The molecule has 1 heterocycles. The molecule has 4 aromatic rings. The van der Waals surface area contributed by atoms with Crippen molar-refractivity contribution in [1.82, 2.24) is 10.3 Å². The Morgan fingerprint density at radius 1 is 0.903 bits per heavy atom. The summed E-state index contributed by atoms with van der Waals surface area (Å²) in [5, 5.41) is 6.39. The molecule has 0 aliphatic carbocycles. The minimum atomic E-state index is -0.618. The fourth-order valence-electron chi connectivity index (χ4n) is 3.48. The molecule has 6 heteroatoms. The van der Waals surface area contributed by atoms with Crippen LogP contribution in [0.4, 0.5) is 10.5 Å². The largest absolute Gasteiger partial charge is 0.351 e. The summed E-state index contributed by atoms with van der Waals surface area (Å²) in [5.41, 5.74) is 9.69. The number of fused-ring (bicyclic) bond motifs is 1. The molecule has 0 saturated heterocycles. The quantitative estimate of drug-likeness (QED) is 0.437. The number of nitrogens with zero attached hydrogens (tertiary/aromatic N) is 1. The third-order valence-corrected chi connectivity index (χ3v) is 5.06. The molecule has 0 fully saturated rings. The monoisotopic (exact) mass is 410 g/mol. The van der Waals surface area contributed by atoms with Gasteiger partial charge in [0.1, 0.15) is 0 Å². The first-order valence-corrected chi connectivity index (χ1v) is 9.94. The Labute approximate surface area is 180 Å². The van der Waals surface area contributed by atoms with Crippen LogP contribution in [0.1, 0.15) is 28.9 Å². The minimum absolute atomic E-state index is 0.178. The molecule has 0 aliphatic rings. The summed E-state index contributed by atoms with van der Waals surface area (Å²) < 4.78 is 0. The fourth-order valence-corrected chi connectivity index (χ4v) is 3.48. The van der Waals surface area contributed by atoms with Gasteiger partial charge < -0.3 is 16.4 Å². The van der Waals surface area contributed by atoms with Gasteiger partial charge in [-0.25, -0.2) is 9.78 Å². The maximum absolute atomic E-state index is 13.2. The number of primary amides is 1. The highest BCUT2D eigenvalue weighted by molar-refractivity contribution is 6.07. The number of aromatic nitrogens is 1. The van der Waals surface area contributed by atoms with Crippen molar-refractivity contribution in [1.29, 1.82) is 0 Å². The molecule has 0 aliphatic heterocycles. The molecule has 1 aromatic heterocycles. The molecule has 31 heavy (non-hydrogen) atoms. The van der Waals surface area contributed by atoms with E-state index in [0.717, 1.165) is 27.7 Å². The van der Waals surface area contributed by atoms with E-state index in [2.05, 4.69) is 10.6 Å². The molecule has 1 atom stereocenters. The molecule has 3 aromatic carbocycles. The van der Waals surface area contributed by atoms with Crippen molar-refractivity contribution < 1.29 is 9.59 Å². The van der Waals surface area contributed by atoms with E-state index >= 15 is 0 Å². The molecule has 1 unspecified atom stereocenters. The topological polar surface area (TPSA) is 97.1 Å². The first-order valence-electron chi connectivity index (χ1n) is 9.94. The zero-order valence-corrected chi connectivity index (χ0v) is 17.0. The van der Waals surface area contributed by atoms with E-state index < -0.39 is 6.03 Å². The van der Waals surface area contributed by atoms with Gasteiger partial charge >= 0.3 is 6.03 Å². The van der Waals surface area contributed by atoms with Crippen molar-refractivity contribution in [3.8, 4) is 11.3 Å². The van der Waals surface area contributed by atoms with Gasteiger partial charge in [-0.05, 0) is 36.8 Å². The van der Waals surface area contributed by atoms with Crippen LogP contribution in [0.15, 0.2) is 84.9 Å². The zero-order chi connectivity index (χ0) is 21.8. The van der Waals surface area contributed by atoms with Crippen molar-refractivity contribution in [2.45, 2.75) is 13.0 Å². The van der Waals surface area contributed by atoms with Crippen molar-refractivity contribution in [3.05, 3.63) is 96.1 Å². The maximum Gasteiger partial charge on any atom is 0.316 e. The van der Waals surface area contributed by atoms with Crippen LogP contribution in [0.3, 0.4) is 0 Å². The number of hydrogen-bond donors (Lipinski definition) is 3. The van der Waals surface area contributed by atoms with Crippen LogP contribution in [-0.2, 0) is 0 Å². The van der Waals surface area contributed by atoms with Crippen LogP contribution >= 0.6 is 0 Å². The first-order chi connectivity index (χ1) is 15.0. The Morgan fingerprint density at radius 2 is 1.58 bits per heavy atom. The molecule has 4 N–H and O–H groups in total. The summed E-state index contributed by atoms with van der Waals surface area (Å²) in [6.07, 6.45) is 0. The molecule has 3 amide bonds. The minimum Gasteiger partial charge on any atom is -0.351 e. The van der Waals surface area contributed by atoms with Crippen molar-refractivity contribution in [2.24, 2.45) is 5.73 Å². The van der Waals surface area contributed by atoms with E-state index in [1.807, 2.05) is 79.7 Å². The molecule has 0 saturated carbocycles. The third kappa shape index (κ3) is 4.53. The normalized spacial score (nSPS) is 11.6. The van der Waals surface area contributed by atoms with Crippen molar-refractivity contribution in [2.75, 3.05) is 5.32 Å². The fraction of sp³-hybridized carbons (Fsp3) is 0.0800. The van der Waals surface area contributed by atoms with Gasteiger partial charge in [0.2, 0.25) is 0 Å². The summed E-state index contributed by atoms with van der Waals surface area (Å²) in [5.74, 6) is -0.178. The van der Waals surface area contributed by atoms with Gasteiger partial charge in [0.25, 0.3) is 5.91 Å². The highest BCUT2D eigenvalue weighted by atomic mass is 16.2. The van der Waals surface area contributed by atoms with Crippen LogP contribution in [0, 0.1) is 0 Å². The average molecular weight is 410 g/mol. The number of carbonyl (C=O) groups excluding carboxylic acids is 2. The van der Waals surface area contributed by atoms with Gasteiger partial charge in [0.05, 0.1) is 22.8 Å². The second-order valence-corrected chi connectivity index (χ2v) is 7.24. The summed E-state index contributed by atoms with van der Waals surface area (Å²) >= 11 is 0. The lowest BCUT2D eigenvalue weighted by Gasteiger charge is -2.16. The van der Waals surface area contributed by atoms with Gasteiger partial charge in [0, 0.05) is 16.6 Å². The number of anilines is 1. The van der Waals surface area contributed by atoms with Crippen LogP contribution in [-0.4, -0.2) is 16.9 Å². The smallest absolute Gasteiger partial charge is 0.316 e. The standard InChI is InChI=1S/C25H22N4O2/c1-16(17-11-13-19(14-12-17)28-25(26)31)27-24(30)21-15-23(18-7-3-2-4-8-18)29-22-10-6-5-9-20(21)22/h2-16H,1H3,(H,27,30)(H3,26,28,31). The Balaban J connectivity index is 1.63. The van der Waals surface area contributed by atoms with E-state index in [4.69, 9.17) is 10.7 Å². The molecule has 4 rings (SSSR count). The summed E-state index contributed by atoms with van der Waals surface area (Å²) in [4.78, 5) is 28.9. The molecule has 6 nitrogen and oxygen atoms in total. The molecular formula is C25H22N4O2. The Bertz CT molecular complexity index is 1240. The number of hydrogen-bond acceptors (Lipinski definition) is 3. The Hall–Kier alpha value is -4.19. The average Bonchev–Trinajstić information content (AvgIpc) is 2.79. The second-order valence-electron chi connectivity index (χ2n) is 7.24. The summed E-state index contributed by atoms with van der Waals surface area (Å²) in [7, 11) is 0. The van der Waals surface area contributed by atoms with Crippen LogP contribution in [0.25, 0.3) is 22.2 Å². The SMILES string of the molecule is CC(NC(=O)c1cc(-c2ccccc2)nc2ccccc12)c1ccc(NC(N)=O)cc1. The van der Waals surface area contributed by atoms with Crippen LogP contribution < -0.4 is 16.4 Å². The Morgan fingerprint density at radius 3 is 2.29 bits per heavy atom. The lowest BCUT2D eigenvalue weighted by Crippen LogP contribution is -2.27.